The molecule has 0 aromatic heterocycles. The van der Waals surface area contributed by atoms with Gasteiger partial charge in [0.15, 0.2) is 0 Å². The summed E-state index contributed by atoms with van der Waals surface area (Å²) in [5.74, 6) is -0.832. The van der Waals surface area contributed by atoms with Crippen LogP contribution in [0.2, 0.25) is 10.0 Å². The highest BCUT2D eigenvalue weighted by Crippen LogP contribution is 2.25. The highest BCUT2D eigenvalue weighted by molar-refractivity contribution is 6.35. The van der Waals surface area contributed by atoms with Crippen molar-refractivity contribution in [3.05, 3.63) is 28.2 Å². The lowest BCUT2D eigenvalue weighted by Gasteiger charge is -2.19. The molecule has 0 saturated heterocycles. The second-order valence-electron chi connectivity index (χ2n) is 6.13. The molecule has 1 rings (SSSR count). The summed E-state index contributed by atoms with van der Waals surface area (Å²) in [5, 5.41) is 8.21. The van der Waals surface area contributed by atoms with Crippen LogP contribution in [0.1, 0.15) is 27.2 Å². The van der Waals surface area contributed by atoms with Crippen LogP contribution in [0.25, 0.3) is 0 Å². The molecular weight excluding hydrogens is 369 g/mol. The molecule has 0 aliphatic rings. The summed E-state index contributed by atoms with van der Waals surface area (Å²) < 4.78 is 5.04. The summed E-state index contributed by atoms with van der Waals surface area (Å²) in [6.45, 7) is 5.09. The molecule has 9 heteroatoms. The Labute approximate surface area is 156 Å². The Hall–Kier alpha value is -1.99. The van der Waals surface area contributed by atoms with Crippen molar-refractivity contribution >= 4 is 46.8 Å². The molecular formula is C16H21Cl2N3O4. The molecule has 0 atom stereocenters. The Balaban J connectivity index is 2.28. The maximum absolute atomic E-state index is 11.8. The van der Waals surface area contributed by atoms with Gasteiger partial charge < -0.3 is 20.7 Å². The molecule has 0 fully saturated rings. The van der Waals surface area contributed by atoms with Crippen molar-refractivity contribution in [1.82, 2.24) is 10.6 Å². The first-order valence-electron chi connectivity index (χ1n) is 7.55. The molecule has 0 radical (unpaired) electrons. The molecule has 25 heavy (non-hydrogen) atoms. The summed E-state index contributed by atoms with van der Waals surface area (Å²) in [6, 6.07) is 4.66. The Morgan fingerprint density at radius 1 is 1.08 bits per heavy atom. The number of alkyl carbamates (subject to hydrolysis) is 1. The minimum absolute atomic E-state index is 0.0183. The van der Waals surface area contributed by atoms with Crippen molar-refractivity contribution < 1.29 is 19.1 Å². The number of halogens is 2. The van der Waals surface area contributed by atoms with Crippen molar-refractivity contribution in [3.8, 4) is 0 Å². The summed E-state index contributed by atoms with van der Waals surface area (Å²) >= 11 is 11.8. The minimum Gasteiger partial charge on any atom is -0.444 e. The lowest BCUT2D eigenvalue weighted by Crippen LogP contribution is -2.37. The molecule has 0 spiro atoms. The van der Waals surface area contributed by atoms with Crippen molar-refractivity contribution in [1.29, 1.82) is 0 Å². The van der Waals surface area contributed by atoms with E-state index >= 15 is 0 Å². The Kier molecular flexibility index (Phi) is 7.99. The first-order valence-corrected chi connectivity index (χ1v) is 8.31. The van der Waals surface area contributed by atoms with Gasteiger partial charge >= 0.3 is 6.09 Å². The largest absolute Gasteiger partial charge is 0.444 e. The number of rotatable bonds is 6. The van der Waals surface area contributed by atoms with E-state index in [2.05, 4.69) is 16.0 Å². The predicted octanol–water partition coefficient (Wildman–Crippen LogP) is 2.96. The van der Waals surface area contributed by atoms with E-state index in [4.69, 9.17) is 27.9 Å². The third-order valence-electron chi connectivity index (χ3n) is 2.67. The number of benzene rings is 1. The van der Waals surface area contributed by atoms with Gasteiger partial charge in [-0.2, -0.15) is 0 Å². The number of hydrogen-bond acceptors (Lipinski definition) is 4. The molecule has 3 N–H and O–H groups in total. The van der Waals surface area contributed by atoms with Gasteiger partial charge in [0.25, 0.3) is 0 Å². The fourth-order valence-corrected chi connectivity index (χ4v) is 1.98. The third kappa shape index (κ3) is 9.16. The van der Waals surface area contributed by atoms with Crippen molar-refractivity contribution in [2.75, 3.05) is 18.4 Å². The van der Waals surface area contributed by atoms with Gasteiger partial charge in [-0.15, -0.1) is 0 Å². The Morgan fingerprint density at radius 2 is 1.76 bits per heavy atom. The number of hydrogen-bond donors (Lipinski definition) is 3. The first kappa shape index (κ1) is 21.1. The Bertz CT molecular complexity index is 645. The molecule has 138 valence electrons. The standard InChI is InChI=1S/C16H21Cl2N3O4/c1-16(2,3)25-15(24)19-7-6-13(22)20-9-14(23)21-12-8-10(17)4-5-11(12)18/h4-5,8H,6-7,9H2,1-3H3,(H,19,24)(H,20,22)(H,21,23). The fraction of sp³-hybridized carbons (Fsp3) is 0.438. The quantitative estimate of drug-likeness (QED) is 0.696. The Morgan fingerprint density at radius 3 is 2.40 bits per heavy atom. The summed E-state index contributed by atoms with van der Waals surface area (Å²) in [7, 11) is 0. The SMILES string of the molecule is CC(C)(C)OC(=O)NCCC(=O)NCC(=O)Nc1cc(Cl)ccc1Cl. The van der Waals surface area contributed by atoms with E-state index in [1.807, 2.05) is 0 Å². The van der Waals surface area contributed by atoms with E-state index in [1.54, 1.807) is 32.9 Å². The van der Waals surface area contributed by atoms with Crippen molar-refractivity contribution in [2.24, 2.45) is 0 Å². The van der Waals surface area contributed by atoms with Gasteiger partial charge in [-0.3, -0.25) is 9.59 Å². The van der Waals surface area contributed by atoms with Crippen LogP contribution >= 0.6 is 23.2 Å². The van der Waals surface area contributed by atoms with Crippen molar-refractivity contribution in [3.63, 3.8) is 0 Å². The maximum Gasteiger partial charge on any atom is 0.407 e. The highest BCUT2D eigenvalue weighted by Gasteiger charge is 2.16. The van der Waals surface area contributed by atoms with Gasteiger partial charge in [-0.1, -0.05) is 23.2 Å². The average molecular weight is 390 g/mol. The van der Waals surface area contributed by atoms with Crippen LogP contribution in [0.4, 0.5) is 10.5 Å². The van der Waals surface area contributed by atoms with E-state index in [9.17, 15) is 14.4 Å². The molecule has 0 bridgehead atoms. The number of carbonyl (C=O) groups excluding carboxylic acids is 3. The van der Waals surface area contributed by atoms with Crippen LogP contribution in [-0.4, -0.2) is 36.6 Å². The number of ether oxygens (including phenoxy) is 1. The van der Waals surface area contributed by atoms with Gasteiger partial charge in [-0.25, -0.2) is 4.79 Å². The first-order chi connectivity index (χ1) is 11.6. The molecule has 0 aliphatic heterocycles. The zero-order valence-corrected chi connectivity index (χ0v) is 15.8. The zero-order valence-electron chi connectivity index (χ0n) is 14.2. The van der Waals surface area contributed by atoms with Gasteiger partial charge in [0.1, 0.15) is 5.60 Å². The summed E-state index contributed by atoms with van der Waals surface area (Å²) in [5.41, 5.74) is -0.244. The van der Waals surface area contributed by atoms with E-state index in [0.29, 0.717) is 15.7 Å². The molecule has 0 saturated carbocycles. The fourth-order valence-electron chi connectivity index (χ4n) is 1.65. The number of nitrogens with one attached hydrogen (secondary N) is 3. The molecule has 0 aliphatic carbocycles. The molecule has 0 heterocycles. The monoisotopic (exact) mass is 389 g/mol. The maximum atomic E-state index is 11.8. The van der Waals surface area contributed by atoms with E-state index in [-0.39, 0.29) is 25.4 Å². The van der Waals surface area contributed by atoms with Crippen LogP contribution in [-0.2, 0) is 14.3 Å². The second kappa shape index (κ2) is 9.48. The normalized spacial score (nSPS) is 10.8. The van der Waals surface area contributed by atoms with Crippen LogP contribution < -0.4 is 16.0 Å². The van der Waals surface area contributed by atoms with Crippen LogP contribution in [0, 0.1) is 0 Å². The number of amides is 3. The van der Waals surface area contributed by atoms with Crippen LogP contribution in [0.3, 0.4) is 0 Å². The summed E-state index contributed by atoms with van der Waals surface area (Å²) in [4.78, 5) is 34.9. The lowest BCUT2D eigenvalue weighted by molar-refractivity contribution is -0.124. The predicted molar refractivity (Wildman–Crippen MR) is 97.0 cm³/mol. The lowest BCUT2D eigenvalue weighted by atomic mass is 10.2. The summed E-state index contributed by atoms with van der Waals surface area (Å²) in [6.07, 6.45) is -0.585. The average Bonchev–Trinajstić information content (AvgIpc) is 2.47. The van der Waals surface area contributed by atoms with Gasteiger partial charge in [0.2, 0.25) is 11.8 Å². The number of carbonyl (C=O) groups is 3. The van der Waals surface area contributed by atoms with E-state index < -0.39 is 17.6 Å². The third-order valence-corrected chi connectivity index (χ3v) is 3.23. The molecule has 1 aromatic carbocycles. The molecule has 7 nitrogen and oxygen atoms in total. The second-order valence-corrected chi connectivity index (χ2v) is 6.97. The molecule has 3 amide bonds. The molecule has 1 aromatic rings. The minimum atomic E-state index is -0.605. The van der Waals surface area contributed by atoms with Gasteiger partial charge in [0, 0.05) is 18.0 Å². The van der Waals surface area contributed by atoms with Crippen LogP contribution in [0.15, 0.2) is 18.2 Å². The smallest absolute Gasteiger partial charge is 0.407 e. The van der Waals surface area contributed by atoms with E-state index in [0.717, 1.165) is 0 Å². The highest BCUT2D eigenvalue weighted by atomic mass is 35.5. The van der Waals surface area contributed by atoms with Crippen LogP contribution in [0.5, 0.6) is 0 Å². The van der Waals surface area contributed by atoms with Crippen molar-refractivity contribution in [2.45, 2.75) is 32.8 Å². The van der Waals surface area contributed by atoms with E-state index in [1.165, 1.54) is 6.07 Å². The van der Waals surface area contributed by atoms with Gasteiger partial charge in [-0.05, 0) is 39.0 Å². The van der Waals surface area contributed by atoms with Gasteiger partial charge in [0.05, 0.1) is 17.3 Å². The topological polar surface area (TPSA) is 96.5 Å². The molecule has 0 unspecified atom stereocenters. The zero-order chi connectivity index (χ0) is 19.0. The number of anilines is 1.